The lowest BCUT2D eigenvalue weighted by atomic mass is 9.96. The maximum Gasteiger partial charge on any atom is 0.273 e. The molecule has 162 valence electrons. The van der Waals surface area contributed by atoms with Gasteiger partial charge in [0.1, 0.15) is 17.3 Å². The molecule has 0 radical (unpaired) electrons. The van der Waals surface area contributed by atoms with Crippen molar-refractivity contribution in [1.82, 2.24) is 15.1 Å². The van der Waals surface area contributed by atoms with Crippen LogP contribution in [0, 0.1) is 5.82 Å². The molecule has 0 spiro atoms. The number of carbonyl (C=O) groups excluding carboxylic acids is 1. The highest BCUT2D eigenvalue weighted by atomic mass is 19.1. The third-order valence-electron chi connectivity index (χ3n) is 5.36. The van der Waals surface area contributed by atoms with Crippen molar-refractivity contribution in [3.63, 3.8) is 0 Å². The molecule has 2 heterocycles. The molecule has 1 amide bonds. The molecule has 1 aromatic heterocycles. The maximum atomic E-state index is 13.5. The number of hydrogen-bond donors (Lipinski definition) is 1. The number of rotatable bonds is 8. The number of aromatic amines is 1. The number of aromatic nitrogens is 2. The zero-order valence-electron chi connectivity index (χ0n) is 17.6. The van der Waals surface area contributed by atoms with E-state index in [1.165, 1.54) is 26.4 Å². The maximum absolute atomic E-state index is 13.5. The van der Waals surface area contributed by atoms with Crippen LogP contribution in [0.5, 0.6) is 5.75 Å². The number of H-pyrrole nitrogens is 1. The van der Waals surface area contributed by atoms with E-state index in [1.807, 2.05) is 31.2 Å². The molecule has 1 unspecified atom stereocenters. The minimum Gasteiger partial charge on any atom is -0.494 e. The second-order valence-corrected chi connectivity index (χ2v) is 7.13. The minimum atomic E-state index is -0.583. The molecule has 0 saturated heterocycles. The summed E-state index contributed by atoms with van der Waals surface area (Å²) in [6, 6.07) is 13.3. The minimum absolute atomic E-state index is 0.200. The van der Waals surface area contributed by atoms with Crippen LogP contribution in [0.3, 0.4) is 0 Å². The van der Waals surface area contributed by atoms with Gasteiger partial charge in [0.25, 0.3) is 5.91 Å². The molecule has 1 N–H and O–H groups in total. The van der Waals surface area contributed by atoms with Gasteiger partial charge in [-0.3, -0.25) is 9.89 Å². The summed E-state index contributed by atoms with van der Waals surface area (Å²) < 4.78 is 29.7. The van der Waals surface area contributed by atoms with Crippen LogP contribution in [0.25, 0.3) is 11.3 Å². The van der Waals surface area contributed by atoms with Crippen LogP contribution in [-0.4, -0.2) is 54.7 Å². The van der Waals surface area contributed by atoms with Gasteiger partial charge in [-0.25, -0.2) is 4.39 Å². The molecule has 7 nitrogen and oxygen atoms in total. The van der Waals surface area contributed by atoms with Gasteiger partial charge in [0, 0.05) is 25.3 Å². The van der Waals surface area contributed by atoms with E-state index in [4.69, 9.17) is 14.2 Å². The van der Waals surface area contributed by atoms with Crippen molar-refractivity contribution in [2.75, 3.05) is 27.4 Å². The fourth-order valence-corrected chi connectivity index (χ4v) is 3.88. The van der Waals surface area contributed by atoms with Gasteiger partial charge >= 0.3 is 0 Å². The molecule has 0 fully saturated rings. The van der Waals surface area contributed by atoms with Gasteiger partial charge in [-0.05, 0) is 48.9 Å². The van der Waals surface area contributed by atoms with Crippen molar-refractivity contribution in [2.45, 2.75) is 19.3 Å². The van der Waals surface area contributed by atoms with E-state index in [0.29, 0.717) is 18.0 Å². The summed E-state index contributed by atoms with van der Waals surface area (Å²) in [5, 5.41) is 7.26. The van der Waals surface area contributed by atoms with Crippen LogP contribution < -0.4 is 4.74 Å². The van der Waals surface area contributed by atoms with Gasteiger partial charge in [-0.1, -0.05) is 12.1 Å². The first-order valence-corrected chi connectivity index (χ1v) is 10.0. The first kappa shape index (κ1) is 21.0. The average molecular weight is 425 g/mol. The van der Waals surface area contributed by atoms with Crippen LogP contribution in [0.4, 0.5) is 4.39 Å². The Morgan fingerprint density at radius 2 is 1.77 bits per heavy atom. The summed E-state index contributed by atoms with van der Waals surface area (Å²) in [4.78, 5) is 15.0. The highest BCUT2D eigenvalue weighted by Gasteiger charge is 2.43. The first-order chi connectivity index (χ1) is 15.1. The summed E-state index contributed by atoms with van der Waals surface area (Å²) in [7, 11) is 3.07. The Bertz CT molecular complexity index is 1050. The molecule has 8 heteroatoms. The molecule has 0 saturated carbocycles. The second kappa shape index (κ2) is 8.87. The topological polar surface area (TPSA) is 76.7 Å². The molecular formula is C23H24FN3O4. The molecule has 0 aliphatic carbocycles. The van der Waals surface area contributed by atoms with E-state index < -0.39 is 12.3 Å². The monoisotopic (exact) mass is 425 g/mol. The van der Waals surface area contributed by atoms with E-state index in [-0.39, 0.29) is 18.3 Å². The van der Waals surface area contributed by atoms with E-state index >= 15 is 0 Å². The summed E-state index contributed by atoms with van der Waals surface area (Å²) in [5.41, 5.74) is 3.37. The fourth-order valence-electron chi connectivity index (χ4n) is 3.88. The summed E-state index contributed by atoms with van der Waals surface area (Å²) in [6.07, 6.45) is -0.583. The molecule has 2 aromatic carbocycles. The van der Waals surface area contributed by atoms with E-state index in [0.717, 1.165) is 22.4 Å². The predicted octanol–water partition coefficient (Wildman–Crippen LogP) is 3.78. The molecule has 4 rings (SSSR count). The van der Waals surface area contributed by atoms with Gasteiger partial charge in [-0.15, -0.1) is 0 Å². The molecule has 0 bridgehead atoms. The number of carbonyl (C=O) groups is 1. The normalized spacial score (nSPS) is 15.6. The van der Waals surface area contributed by atoms with E-state index in [9.17, 15) is 9.18 Å². The Kier molecular flexibility index (Phi) is 6.01. The fraction of sp³-hybridized carbons (Fsp3) is 0.304. The Labute approximate surface area is 179 Å². The van der Waals surface area contributed by atoms with Gasteiger partial charge in [-0.2, -0.15) is 5.10 Å². The van der Waals surface area contributed by atoms with Crippen molar-refractivity contribution < 1.29 is 23.4 Å². The quantitative estimate of drug-likeness (QED) is 0.556. The number of hydrogen-bond acceptors (Lipinski definition) is 5. The van der Waals surface area contributed by atoms with Crippen molar-refractivity contribution >= 4 is 5.91 Å². The third kappa shape index (κ3) is 3.92. The smallest absolute Gasteiger partial charge is 0.273 e. The van der Waals surface area contributed by atoms with E-state index in [1.54, 1.807) is 17.0 Å². The Morgan fingerprint density at radius 3 is 2.39 bits per heavy atom. The number of fused-ring (bicyclic) bond motifs is 1. The Balaban J connectivity index is 1.80. The number of methoxy groups -OCH3 is 2. The average Bonchev–Trinajstić information content (AvgIpc) is 3.32. The zero-order chi connectivity index (χ0) is 22.0. The van der Waals surface area contributed by atoms with Crippen molar-refractivity contribution in [2.24, 2.45) is 0 Å². The largest absolute Gasteiger partial charge is 0.494 e. The SMILES string of the molecule is CCOc1ccc(C2c3c(-c4ccc(F)cc4)n[nH]c3C(=O)N2CC(OC)OC)cc1. The van der Waals surface area contributed by atoms with Gasteiger partial charge in [0.2, 0.25) is 0 Å². The highest BCUT2D eigenvalue weighted by Crippen LogP contribution is 2.43. The van der Waals surface area contributed by atoms with Crippen LogP contribution in [0.1, 0.15) is 34.6 Å². The van der Waals surface area contributed by atoms with Crippen LogP contribution in [0.2, 0.25) is 0 Å². The number of nitrogens with zero attached hydrogens (tertiary/aromatic N) is 2. The number of amides is 1. The number of ether oxygens (including phenoxy) is 3. The second-order valence-electron chi connectivity index (χ2n) is 7.13. The molecule has 1 aliphatic rings. The van der Waals surface area contributed by atoms with Crippen molar-refractivity contribution in [3.8, 4) is 17.0 Å². The number of halogens is 1. The molecule has 1 aliphatic heterocycles. The summed E-state index contributed by atoms with van der Waals surface area (Å²) in [5.74, 6) is 0.216. The van der Waals surface area contributed by atoms with Crippen molar-refractivity contribution in [1.29, 1.82) is 0 Å². The Morgan fingerprint density at radius 1 is 1.10 bits per heavy atom. The van der Waals surface area contributed by atoms with Crippen LogP contribution in [-0.2, 0) is 9.47 Å². The van der Waals surface area contributed by atoms with Gasteiger partial charge in [0.15, 0.2) is 6.29 Å². The third-order valence-corrected chi connectivity index (χ3v) is 5.36. The van der Waals surface area contributed by atoms with Gasteiger partial charge < -0.3 is 19.1 Å². The summed E-state index contributed by atoms with van der Waals surface area (Å²) in [6.45, 7) is 2.72. The molecule has 3 aromatic rings. The molecular weight excluding hydrogens is 401 g/mol. The van der Waals surface area contributed by atoms with Crippen LogP contribution in [0.15, 0.2) is 48.5 Å². The lowest BCUT2D eigenvalue weighted by molar-refractivity contribution is -0.113. The summed E-state index contributed by atoms with van der Waals surface area (Å²) >= 11 is 0. The lowest BCUT2D eigenvalue weighted by Gasteiger charge is -2.29. The highest BCUT2D eigenvalue weighted by molar-refractivity contribution is 6.00. The van der Waals surface area contributed by atoms with Crippen molar-refractivity contribution in [3.05, 3.63) is 71.2 Å². The number of benzene rings is 2. The van der Waals surface area contributed by atoms with Gasteiger partial charge in [0.05, 0.1) is 24.9 Å². The zero-order valence-corrected chi connectivity index (χ0v) is 17.6. The first-order valence-electron chi connectivity index (χ1n) is 10.0. The molecule has 1 atom stereocenters. The standard InChI is InChI=1S/C23H24FN3O4/c1-4-31-17-11-7-15(8-12-17)22-19-20(14-5-9-16(24)10-6-14)25-26-21(19)23(28)27(22)13-18(29-2)30-3/h5-12,18,22H,4,13H2,1-3H3,(H,25,26). The Hall–Kier alpha value is -3.23. The molecule has 31 heavy (non-hydrogen) atoms. The van der Waals surface area contributed by atoms with E-state index in [2.05, 4.69) is 10.2 Å². The predicted molar refractivity (Wildman–Crippen MR) is 112 cm³/mol. The number of nitrogens with one attached hydrogen (secondary N) is 1. The lowest BCUT2D eigenvalue weighted by Crippen LogP contribution is -2.38. The van der Waals surface area contributed by atoms with Crippen LogP contribution >= 0.6 is 0 Å².